The smallest absolute Gasteiger partial charge is 0.136 e. The standard InChI is InChI=1S/C15H23FN2S/c1-17-12-13-6-8-18(9-7-13)10-11-19-15-5-3-2-4-14(15)16/h2-5,13,17H,6-12H2,1H3. The van der Waals surface area contributed by atoms with Crippen molar-refractivity contribution < 1.29 is 4.39 Å². The molecule has 0 unspecified atom stereocenters. The van der Waals surface area contributed by atoms with Crippen LogP contribution >= 0.6 is 11.8 Å². The Bertz CT molecular complexity index is 378. The summed E-state index contributed by atoms with van der Waals surface area (Å²) >= 11 is 1.62. The van der Waals surface area contributed by atoms with E-state index in [0.29, 0.717) is 0 Å². The van der Waals surface area contributed by atoms with Crippen LogP contribution in [0.3, 0.4) is 0 Å². The number of halogens is 1. The van der Waals surface area contributed by atoms with E-state index in [-0.39, 0.29) is 5.82 Å². The summed E-state index contributed by atoms with van der Waals surface area (Å²) in [6.07, 6.45) is 2.57. The zero-order chi connectivity index (χ0) is 13.5. The summed E-state index contributed by atoms with van der Waals surface area (Å²) in [6.45, 7) is 4.57. The molecule has 4 heteroatoms. The van der Waals surface area contributed by atoms with Crippen LogP contribution in [0.25, 0.3) is 0 Å². The zero-order valence-corrected chi connectivity index (χ0v) is 12.4. The van der Waals surface area contributed by atoms with E-state index in [0.717, 1.165) is 29.7 Å². The Kier molecular flexibility index (Phi) is 6.14. The Morgan fingerprint density at radius 2 is 2.05 bits per heavy atom. The molecule has 1 aliphatic heterocycles. The van der Waals surface area contributed by atoms with Crippen molar-refractivity contribution in [2.75, 3.05) is 39.0 Å². The third kappa shape index (κ3) is 4.79. The van der Waals surface area contributed by atoms with Gasteiger partial charge in [0.25, 0.3) is 0 Å². The van der Waals surface area contributed by atoms with Gasteiger partial charge in [0, 0.05) is 17.2 Å². The minimum atomic E-state index is -0.0970. The molecular weight excluding hydrogens is 259 g/mol. The van der Waals surface area contributed by atoms with Gasteiger partial charge in [-0.05, 0) is 57.6 Å². The summed E-state index contributed by atoms with van der Waals surface area (Å²) < 4.78 is 13.4. The van der Waals surface area contributed by atoms with Gasteiger partial charge in [-0.2, -0.15) is 0 Å². The Morgan fingerprint density at radius 1 is 1.32 bits per heavy atom. The number of piperidine rings is 1. The lowest BCUT2D eigenvalue weighted by molar-refractivity contribution is 0.193. The molecule has 1 heterocycles. The van der Waals surface area contributed by atoms with Gasteiger partial charge < -0.3 is 10.2 Å². The molecule has 0 saturated carbocycles. The summed E-state index contributed by atoms with van der Waals surface area (Å²) in [7, 11) is 2.03. The van der Waals surface area contributed by atoms with E-state index in [1.54, 1.807) is 17.8 Å². The van der Waals surface area contributed by atoms with Crippen LogP contribution in [-0.2, 0) is 0 Å². The summed E-state index contributed by atoms with van der Waals surface area (Å²) in [4.78, 5) is 3.27. The fraction of sp³-hybridized carbons (Fsp3) is 0.600. The maximum atomic E-state index is 13.4. The average molecular weight is 282 g/mol. The van der Waals surface area contributed by atoms with Crippen molar-refractivity contribution in [1.29, 1.82) is 0 Å². The molecule has 106 valence electrons. The first-order valence-electron chi connectivity index (χ1n) is 7.04. The number of rotatable bonds is 6. The summed E-state index contributed by atoms with van der Waals surface area (Å²) in [5, 5.41) is 3.26. The van der Waals surface area contributed by atoms with Gasteiger partial charge in [0.05, 0.1) is 0 Å². The van der Waals surface area contributed by atoms with Crippen LogP contribution in [0.2, 0.25) is 0 Å². The topological polar surface area (TPSA) is 15.3 Å². The van der Waals surface area contributed by atoms with Crippen molar-refractivity contribution in [3.8, 4) is 0 Å². The first-order valence-corrected chi connectivity index (χ1v) is 8.02. The van der Waals surface area contributed by atoms with Gasteiger partial charge in [0.2, 0.25) is 0 Å². The number of benzene rings is 1. The highest BCUT2D eigenvalue weighted by Gasteiger charge is 2.18. The van der Waals surface area contributed by atoms with Crippen LogP contribution in [0.15, 0.2) is 29.2 Å². The SMILES string of the molecule is CNCC1CCN(CCSc2ccccc2F)CC1. The predicted octanol–water partition coefficient (Wildman–Crippen LogP) is 2.85. The summed E-state index contributed by atoms with van der Waals surface area (Å²) in [5.74, 6) is 1.71. The van der Waals surface area contributed by atoms with Gasteiger partial charge in [0.1, 0.15) is 5.82 Å². The molecular formula is C15H23FN2S. The molecule has 1 N–H and O–H groups in total. The van der Waals surface area contributed by atoms with E-state index in [9.17, 15) is 4.39 Å². The Hall–Kier alpha value is -0.580. The van der Waals surface area contributed by atoms with Crippen molar-refractivity contribution in [3.63, 3.8) is 0 Å². The second-order valence-electron chi connectivity index (χ2n) is 5.12. The van der Waals surface area contributed by atoms with Crippen molar-refractivity contribution in [2.45, 2.75) is 17.7 Å². The lowest BCUT2D eigenvalue weighted by atomic mass is 9.97. The predicted molar refractivity (Wildman–Crippen MR) is 80.2 cm³/mol. The number of nitrogens with one attached hydrogen (secondary N) is 1. The average Bonchev–Trinajstić information content (AvgIpc) is 2.43. The molecule has 1 aliphatic rings. The number of thioether (sulfide) groups is 1. The third-order valence-corrected chi connectivity index (χ3v) is 4.73. The van der Waals surface area contributed by atoms with E-state index in [2.05, 4.69) is 10.2 Å². The lowest BCUT2D eigenvalue weighted by Crippen LogP contribution is -2.37. The molecule has 0 spiro atoms. The van der Waals surface area contributed by atoms with Crippen LogP contribution in [0, 0.1) is 11.7 Å². The van der Waals surface area contributed by atoms with Crippen molar-refractivity contribution in [2.24, 2.45) is 5.92 Å². The van der Waals surface area contributed by atoms with E-state index in [1.165, 1.54) is 32.0 Å². The largest absolute Gasteiger partial charge is 0.319 e. The Labute approximate surface area is 119 Å². The highest BCUT2D eigenvalue weighted by Crippen LogP contribution is 2.22. The second-order valence-corrected chi connectivity index (χ2v) is 6.26. The molecule has 0 aromatic heterocycles. The maximum absolute atomic E-state index is 13.4. The van der Waals surface area contributed by atoms with E-state index < -0.39 is 0 Å². The third-order valence-electron chi connectivity index (χ3n) is 3.70. The number of hydrogen-bond donors (Lipinski definition) is 1. The fourth-order valence-electron chi connectivity index (χ4n) is 2.55. The summed E-state index contributed by atoms with van der Waals surface area (Å²) in [6, 6.07) is 7.03. The van der Waals surface area contributed by atoms with Crippen LogP contribution in [0.5, 0.6) is 0 Å². The molecule has 0 bridgehead atoms. The second kappa shape index (κ2) is 7.88. The van der Waals surface area contributed by atoms with Crippen LogP contribution < -0.4 is 5.32 Å². The first-order chi connectivity index (χ1) is 9.29. The van der Waals surface area contributed by atoms with Crippen LogP contribution in [-0.4, -0.2) is 43.9 Å². The molecule has 1 aromatic rings. The van der Waals surface area contributed by atoms with Gasteiger partial charge >= 0.3 is 0 Å². The molecule has 0 atom stereocenters. The molecule has 0 amide bonds. The highest BCUT2D eigenvalue weighted by molar-refractivity contribution is 7.99. The lowest BCUT2D eigenvalue weighted by Gasteiger charge is -2.31. The normalized spacial score (nSPS) is 17.8. The fourth-order valence-corrected chi connectivity index (χ4v) is 3.50. The summed E-state index contributed by atoms with van der Waals surface area (Å²) in [5.41, 5.74) is 0. The molecule has 2 rings (SSSR count). The van der Waals surface area contributed by atoms with E-state index in [1.807, 2.05) is 19.2 Å². The maximum Gasteiger partial charge on any atom is 0.136 e. The molecule has 0 radical (unpaired) electrons. The molecule has 19 heavy (non-hydrogen) atoms. The van der Waals surface area contributed by atoms with Gasteiger partial charge in [-0.15, -0.1) is 11.8 Å². The Morgan fingerprint density at radius 3 is 2.74 bits per heavy atom. The highest BCUT2D eigenvalue weighted by atomic mass is 32.2. The molecule has 0 aliphatic carbocycles. The van der Waals surface area contributed by atoms with Gasteiger partial charge in [-0.25, -0.2) is 4.39 Å². The van der Waals surface area contributed by atoms with Crippen molar-refractivity contribution in [1.82, 2.24) is 10.2 Å². The number of likely N-dealkylation sites (tertiary alicyclic amines) is 1. The molecule has 2 nitrogen and oxygen atoms in total. The molecule has 1 saturated heterocycles. The Balaban J connectivity index is 1.66. The monoisotopic (exact) mass is 282 g/mol. The van der Waals surface area contributed by atoms with Gasteiger partial charge in [-0.3, -0.25) is 0 Å². The van der Waals surface area contributed by atoms with Crippen LogP contribution in [0.4, 0.5) is 4.39 Å². The van der Waals surface area contributed by atoms with Gasteiger partial charge in [0.15, 0.2) is 0 Å². The molecule has 1 aromatic carbocycles. The zero-order valence-electron chi connectivity index (χ0n) is 11.6. The van der Waals surface area contributed by atoms with Crippen molar-refractivity contribution >= 4 is 11.8 Å². The van der Waals surface area contributed by atoms with Crippen molar-refractivity contribution in [3.05, 3.63) is 30.1 Å². The minimum Gasteiger partial charge on any atom is -0.319 e. The van der Waals surface area contributed by atoms with E-state index in [4.69, 9.17) is 0 Å². The van der Waals surface area contributed by atoms with E-state index >= 15 is 0 Å². The minimum absolute atomic E-state index is 0.0970. The van der Waals surface area contributed by atoms with Crippen LogP contribution in [0.1, 0.15) is 12.8 Å². The number of hydrogen-bond acceptors (Lipinski definition) is 3. The quantitative estimate of drug-likeness (QED) is 0.808. The van der Waals surface area contributed by atoms with Gasteiger partial charge in [-0.1, -0.05) is 12.1 Å². The number of nitrogens with zero attached hydrogens (tertiary/aromatic N) is 1. The molecule has 1 fully saturated rings. The first kappa shape index (κ1) is 14.8.